The van der Waals surface area contributed by atoms with E-state index in [1.807, 2.05) is 31.2 Å². The minimum absolute atomic E-state index is 0.522. The number of nitrogens with zero attached hydrogens (tertiary/aromatic N) is 1. The molecule has 0 aliphatic carbocycles. The van der Waals surface area contributed by atoms with Crippen LogP contribution in [-0.2, 0) is 0 Å². The molecule has 4 heteroatoms. The Morgan fingerprint density at radius 3 is 2.81 bits per heavy atom. The fourth-order valence-corrected chi connectivity index (χ4v) is 1.76. The molecule has 0 atom stereocenters. The van der Waals surface area contributed by atoms with Crippen LogP contribution in [0.1, 0.15) is 11.3 Å². The highest BCUT2D eigenvalue weighted by molar-refractivity contribution is 9.10. The van der Waals surface area contributed by atoms with Crippen LogP contribution in [-0.4, -0.2) is 11.4 Å². The quantitative estimate of drug-likeness (QED) is 0.516. The summed E-state index contributed by atoms with van der Waals surface area (Å²) in [4.78, 5) is 0. The average Bonchev–Trinajstić information content (AvgIpc) is 2.71. The van der Waals surface area contributed by atoms with Crippen molar-refractivity contribution in [3.8, 4) is 11.3 Å². The predicted octanol–water partition coefficient (Wildman–Crippen LogP) is 3.83. The van der Waals surface area contributed by atoms with Gasteiger partial charge in [-0.3, -0.25) is 0 Å². The number of oxime groups is 1. The molecule has 0 amide bonds. The highest BCUT2D eigenvalue weighted by Crippen LogP contribution is 2.26. The zero-order valence-corrected chi connectivity index (χ0v) is 10.2. The van der Waals surface area contributed by atoms with E-state index in [1.165, 1.54) is 11.8 Å². The predicted molar refractivity (Wildman–Crippen MR) is 66.0 cm³/mol. The summed E-state index contributed by atoms with van der Waals surface area (Å²) in [6, 6.07) is 9.59. The molecule has 0 fully saturated rings. The van der Waals surface area contributed by atoms with Crippen LogP contribution in [0.2, 0.25) is 0 Å². The number of hydrogen-bond acceptors (Lipinski definition) is 3. The van der Waals surface area contributed by atoms with Crippen molar-refractivity contribution in [3.63, 3.8) is 0 Å². The van der Waals surface area contributed by atoms with Crippen LogP contribution in [0.15, 0.2) is 44.4 Å². The summed E-state index contributed by atoms with van der Waals surface area (Å²) in [5.74, 6) is 1.27. The van der Waals surface area contributed by atoms with Crippen molar-refractivity contribution in [2.75, 3.05) is 0 Å². The standard InChI is InChI=1S/C12H10BrNO2/c1-8-2-3-9(6-11(8)13)12-5-4-10(16-12)7-14-15/h2-7,15H,1H3/b14-7+. The molecule has 0 saturated carbocycles. The van der Waals surface area contributed by atoms with E-state index < -0.39 is 0 Å². The average molecular weight is 280 g/mol. The molecule has 16 heavy (non-hydrogen) atoms. The van der Waals surface area contributed by atoms with E-state index in [-0.39, 0.29) is 0 Å². The van der Waals surface area contributed by atoms with E-state index in [2.05, 4.69) is 21.1 Å². The third-order valence-electron chi connectivity index (χ3n) is 2.27. The molecule has 1 heterocycles. The lowest BCUT2D eigenvalue weighted by Gasteiger charge is -2.00. The van der Waals surface area contributed by atoms with Crippen molar-refractivity contribution in [2.24, 2.45) is 5.16 Å². The molecule has 2 aromatic rings. The van der Waals surface area contributed by atoms with Gasteiger partial charge in [0, 0.05) is 10.0 Å². The fourth-order valence-electron chi connectivity index (χ4n) is 1.38. The highest BCUT2D eigenvalue weighted by atomic mass is 79.9. The number of hydrogen-bond donors (Lipinski definition) is 1. The van der Waals surface area contributed by atoms with Gasteiger partial charge >= 0.3 is 0 Å². The van der Waals surface area contributed by atoms with E-state index in [1.54, 1.807) is 6.07 Å². The minimum atomic E-state index is 0.522. The Bertz CT molecular complexity index is 532. The molecular weight excluding hydrogens is 270 g/mol. The first kappa shape index (κ1) is 11.0. The number of benzene rings is 1. The molecular formula is C12H10BrNO2. The second-order valence-electron chi connectivity index (χ2n) is 3.41. The molecule has 0 saturated heterocycles. The van der Waals surface area contributed by atoms with Gasteiger partial charge in [-0.25, -0.2) is 0 Å². The Balaban J connectivity index is 2.38. The lowest BCUT2D eigenvalue weighted by Crippen LogP contribution is -1.78. The van der Waals surface area contributed by atoms with Gasteiger partial charge in [-0.15, -0.1) is 0 Å². The molecule has 3 nitrogen and oxygen atoms in total. The summed E-state index contributed by atoms with van der Waals surface area (Å²) < 4.78 is 6.52. The molecule has 0 aliphatic rings. The maximum Gasteiger partial charge on any atom is 0.149 e. The van der Waals surface area contributed by atoms with Crippen LogP contribution in [0.5, 0.6) is 0 Å². The minimum Gasteiger partial charge on any atom is -0.455 e. The molecule has 1 N–H and O–H groups in total. The molecule has 2 rings (SSSR count). The molecule has 1 aromatic carbocycles. The van der Waals surface area contributed by atoms with E-state index in [4.69, 9.17) is 9.62 Å². The monoisotopic (exact) mass is 279 g/mol. The second-order valence-corrected chi connectivity index (χ2v) is 4.26. The third kappa shape index (κ3) is 2.17. The van der Waals surface area contributed by atoms with Gasteiger partial charge in [0.15, 0.2) is 0 Å². The normalized spacial score (nSPS) is 11.1. The van der Waals surface area contributed by atoms with E-state index in [0.717, 1.165) is 15.8 Å². The summed E-state index contributed by atoms with van der Waals surface area (Å²) in [5.41, 5.74) is 2.16. The Morgan fingerprint density at radius 1 is 1.31 bits per heavy atom. The smallest absolute Gasteiger partial charge is 0.149 e. The van der Waals surface area contributed by atoms with Crippen molar-refractivity contribution in [2.45, 2.75) is 6.92 Å². The van der Waals surface area contributed by atoms with Crippen molar-refractivity contribution in [1.82, 2.24) is 0 Å². The number of furan rings is 1. The first-order valence-electron chi connectivity index (χ1n) is 4.74. The topological polar surface area (TPSA) is 45.7 Å². The zero-order valence-electron chi connectivity index (χ0n) is 8.64. The van der Waals surface area contributed by atoms with Gasteiger partial charge in [-0.2, -0.15) is 0 Å². The summed E-state index contributed by atoms with van der Waals surface area (Å²) in [6.07, 6.45) is 1.26. The van der Waals surface area contributed by atoms with Crippen LogP contribution >= 0.6 is 15.9 Å². The van der Waals surface area contributed by atoms with Crippen LogP contribution in [0.4, 0.5) is 0 Å². The lowest BCUT2D eigenvalue weighted by molar-refractivity contribution is 0.321. The van der Waals surface area contributed by atoms with Gasteiger partial charge in [0.25, 0.3) is 0 Å². The maximum atomic E-state index is 8.38. The first-order valence-corrected chi connectivity index (χ1v) is 5.54. The third-order valence-corrected chi connectivity index (χ3v) is 3.12. The zero-order chi connectivity index (χ0) is 11.5. The second kappa shape index (κ2) is 4.53. The summed E-state index contributed by atoms with van der Waals surface area (Å²) >= 11 is 3.47. The number of rotatable bonds is 2. The Hall–Kier alpha value is -1.55. The summed E-state index contributed by atoms with van der Waals surface area (Å²) in [7, 11) is 0. The van der Waals surface area contributed by atoms with Crippen molar-refractivity contribution < 1.29 is 9.62 Å². The van der Waals surface area contributed by atoms with Gasteiger partial charge in [0.1, 0.15) is 17.7 Å². The molecule has 0 spiro atoms. The van der Waals surface area contributed by atoms with Crippen LogP contribution in [0, 0.1) is 6.92 Å². The molecule has 0 unspecified atom stereocenters. The van der Waals surface area contributed by atoms with Crippen molar-refractivity contribution in [3.05, 3.63) is 46.1 Å². The first-order chi connectivity index (χ1) is 7.70. The van der Waals surface area contributed by atoms with Crippen molar-refractivity contribution in [1.29, 1.82) is 0 Å². The number of halogens is 1. The van der Waals surface area contributed by atoms with Gasteiger partial charge in [-0.05, 0) is 30.7 Å². The van der Waals surface area contributed by atoms with Crippen LogP contribution in [0.3, 0.4) is 0 Å². The van der Waals surface area contributed by atoms with E-state index >= 15 is 0 Å². The highest BCUT2D eigenvalue weighted by Gasteiger charge is 2.05. The Morgan fingerprint density at radius 2 is 2.12 bits per heavy atom. The molecule has 0 bridgehead atoms. The van der Waals surface area contributed by atoms with Crippen LogP contribution < -0.4 is 0 Å². The lowest BCUT2D eigenvalue weighted by atomic mass is 10.1. The van der Waals surface area contributed by atoms with Crippen LogP contribution in [0.25, 0.3) is 11.3 Å². The molecule has 0 radical (unpaired) electrons. The fraction of sp³-hybridized carbons (Fsp3) is 0.0833. The largest absolute Gasteiger partial charge is 0.455 e. The molecule has 1 aromatic heterocycles. The molecule has 82 valence electrons. The Labute approximate surface area is 102 Å². The number of aryl methyl sites for hydroxylation is 1. The van der Waals surface area contributed by atoms with E-state index in [0.29, 0.717) is 5.76 Å². The van der Waals surface area contributed by atoms with Gasteiger partial charge in [-0.1, -0.05) is 33.2 Å². The summed E-state index contributed by atoms with van der Waals surface area (Å²) in [5, 5.41) is 11.3. The summed E-state index contributed by atoms with van der Waals surface area (Å²) in [6.45, 7) is 2.03. The van der Waals surface area contributed by atoms with Gasteiger partial charge in [0.05, 0.1) is 0 Å². The SMILES string of the molecule is Cc1ccc(-c2ccc(/C=N/O)o2)cc1Br. The maximum absolute atomic E-state index is 8.38. The Kier molecular flexibility index (Phi) is 3.10. The van der Waals surface area contributed by atoms with Gasteiger partial charge < -0.3 is 9.62 Å². The van der Waals surface area contributed by atoms with E-state index in [9.17, 15) is 0 Å². The molecule has 0 aliphatic heterocycles. The van der Waals surface area contributed by atoms with Gasteiger partial charge in [0.2, 0.25) is 0 Å². The van der Waals surface area contributed by atoms with Crippen molar-refractivity contribution >= 4 is 22.1 Å².